The summed E-state index contributed by atoms with van der Waals surface area (Å²) < 4.78 is 3.25. The van der Waals surface area contributed by atoms with Crippen molar-refractivity contribution in [2.45, 2.75) is 13.1 Å². The first-order valence-corrected chi connectivity index (χ1v) is 9.87. The first kappa shape index (κ1) is 20.1. The third kappa shape index (κ3) is 4.59. The molecule has 0 saturated heterocycles. The molecule has 0 amide bonds. The van der Waals surface area contributed by atoms with E-state index in [4.69, 9.17) is 0 Å². The van der Waals surface area contributed by atoms with Gasteiger partial charge >= 0.3 is 5.69 Å². The van der Waals surface area contributed by atoms with Crippen molar-refractivity contribution in [3.8, 4) is 0 Å². The van der Waals surface area contributed by atoms with Crippen LogP contribution >= 0.6 is 22.6 Å². The molecule has 0 fully saturated rings. The first-order chi connectivity index (χ1) is 13.5. The van der Waals surface area contributed by atoms with Gasteiger partial charge in [0, 0.05) is 14.1 Å². The van der Waals surface area contributed by atoms with Crippen LogP contribution in [0.15, 0.2) is 75.2 Å². The summed E-state index contributed by atoms with van der Waals surface area (Å²) in [6, 6.07) is 19.2. The molecule has 0 N–H and O–H groups in total. The fourth-order valence-corrected chi connectivity index (χ4v) is 3.49. The maximum absolute atomic E-state index is 13.3. The van der Waals surface area contributed by atoms with E-state index < -0.39 is 0 Å². The number of hydrogen-bond acceptors (Lipinski definition) is 3. The standard InChI is InChI=1S/C21H21IN4O2/c1-24(2)15-23-19-18(22)20(27)26(14-17-11-7-4-8-12-17)21(28)25(19)13-16-9-5-3-6-10-16/h3-12,15H,13-14H2,1-2H3/b23-15-. The third-order valence-electron chi connectivity index (χ3n) is 4.12. The zero-order valence-electron chi connectivity index (χ0n) is 15.7. The number of benzene rings is 2. The van der Waals surface area contributed by atoms with Gasteiger partial charge in [-0.15, -0.1) is 0 Å². The van der Waals surface area contributed by atoms with Gasteiger partial charge in [-0.1, -0.05) is 60.7 Å². The number of rotatable bonds is 6. The fraction of sp³-hybridized carbons (Fsp3) is 0.190. The van der Waals surface area contributed by atoms with Crippen molar-refractivity contribution >= 4 is 34.7 Å². The van der Waals surface area contributed by atoms with Crippen molar-refractivity contribution < 1.29 is 0 Å². The van der Waals surface area contributed by atoms with Gasteiger partial charge in [-0.2, -0.15) is 0 Å². The van der Waals surface area contributed by atoms with Gasteiger partial charge in [-0.3, -0.25) is 13.9 Å². The number of aromatic nitrogens is 2. The maximum Gasteiger partial charge on any atom is 0.333 e. The summed E-state index contributed by atoms with van der Waals surface area (Å²) in [5, 5.41) is 0. The predicted octanol–water partition coefficient (Wildman–Crippen LogP) is 2.93. The Morgan fingerprint density at radius 1 is 0.893 bits per heavy atom. The largest absolute Gasteiger partial charge is 0.369 e. The van der Waals surface area contributed by atoms with Crippen molar-refractivity contribution in [3.05, 3.63) is 96.2 Å². The van der Waals surface area contributed by atoms with Gasteiger partial charge in [0.05, 0.1) is 19.4 Å². The van der Waals surface area contributed by atoms with Crippen LogP contribution in [0.25, 0.3) is 0 Å². The molecule has 0 aliphatic heterocycles. The van der Waals surface area contributed by atoms with Crippen LogP contribution in [0.2, 0.25) is 0 Å². The van der Waals surface area contributed by atoms with Crippen LogP contribution < -0.4 is 11.2 Å². The Balaban J connectivity index is 2.17. The highest BCUT2D eigenvalue weighted by atomic mass is 127. The molecule has 6 nitrogen and oxygen atoms in total. The summed E-state index contributed by atoms with van der Waals surface area (Å²) in [7, 11) is 3.68. The number of halogens is 1. The average molecular weight is 488 g/mol. The molecule has 0 spiro atoms. The van der Waals surface area contributed by atoms with Crippen LogP contribution in [0.3, 0.4) is 0 Å². The first-order valence-electron chi connectivity index (χ1n) is 8.79. The lowest BCUT2D eigenvalue weighted by atomic mass is 10.2. The second-order valence-electron chi connectivity index (χ2n) is 6.58. The Labute approximate surface area is 176 Å². The van der Waals surface area contributed by atoms with Crippen molar-refractivity contribution in [1.29, 1.82) is 0 Å². The minimum atomic E-state index is -0.371. The molecular weight excluding hydrogens is 467 g/mol. The lowest BCUT2D eigenvalue weighted by Crippen LogP contribution is -2.41. The van der Waals surface area contributed by atoms with Crippen LogP contribution in [0, 0.1) is 3.57 Å². The minimum Gasteiger partial charge on any atom is -0.369 e. The van der Waals surface area contributed by atoms with Crippen molar-refractivity contribution in [3.63, 3.8) is 0 Å². The van der Waals surface area contributed by atoms with Gasteiger partial charge in [-0.25, -0.2) is 9.79 Å². The molecule has 0 saturated carbocycles. The molecular formula is C21H21IN4O2. The zero-order chi connectivity index (χ0) is 20.1. The molecule has 28 heavy (non-hydrogen) atoms. The van der Waals surface area contributed by atoms with Crippen LogP contribution in [0.1, 0.15) is 11.1 Å². The molecule has 1 aromatic heterocycles. The lowest BCUT2D eigenvalue weighted by Gasteiger charge is -2.15. The molecule has 0 aliphatic rings. The minimum absolute atomic E-state index is 0.223. The SMILES string of the molecule is CN(C)/C=N\c1c(I)c(=O)n(Cc2ccccc2)c(=O)n1Cc1ccccc1. The topological polar surface area (TPSA) is 59.6 Å². The Kier molecular flexibility index (Phi) is 6.45. The second kappa shape index (κ2) is 9.01. The van der Waals surface area contributed by atoms with E-state index in [9.17, 15) is 9.59 Å². The van der Waals surface area contributed by atoms with E-state index in [2.05, 4.69) is 4.99 Å². The van der Waals surface area contributed by atoms with Gasteiger partial charge in [0.1, 0.15) is 3.57 Å². The summed E-state index contributed by atoms with van der Waals surface area (Å²) in [5.74, 6) is 0.373. The monoisotopic (exact) mass is 488 g/mol. The number of hydrogen-bond donors (Lipinski definition) is 0. The Bertz CT molecular complexity index is 1090. The van der Waals surface area contributed by atoms with Crippen LogP contribution in [0.4, 0.5) is 5.82 Å². The normalized spacial score (nSPS) is 11.1. The van der Waals surface area contributed by atoms with Crippen molar-refractivity contribution in [2.24, 2.45) is 4.99 Å². The van der Waals surface area contributed by atoms with E-state index in [1.807, 2.05) is 97.3 Å². The van der Waals surface area contributed by atoms with Gasteiger partial charge in [0.25, 0.3) is 5.56 Å². The summed E-state index contributed by atoms with van der Waals surface area (Å²) in [4.78, 5) is 32.4. The van der Waals surface area contributed by atoms with Gasteiger partial charge in [0.15, 0.2) is 5.82 Å². The van der Waals surface area contributed by atoms with Gasteiger partial charge in [0.2, 0.25) is 0 Å². The number of aliphatic imine (C=N–C) groups is 1. The quantitative estimate of drug-likeness (QED) is 0.305. The Hall–Kier alpha value is -2.68. The van der Waals surface area contributed by atoms with E-state index in [1.165, 1.54) is 4.57 Å². The molecule has 1 heterocycles. The highest BCUT2D eigenvalue weighted by Gasteiger charge is 2.17. The predicted molar refractivity (Wildman–Crippen MR) is 121 cm³/mol. The van der Waals surface area contributed by atoms with E-state index in [1.54, 1.807) is 15.8 Å². The molecule has 3 aromatic rings. The van der Waals surface area contributed by atoms with Crippen LogP contribution in [-0.2, 0) is 13.1 Å². The highest BCUT2D eigenvalue weighted by Crippen LogP contribution is 2.18. The molecule has 0 radical (unpaired) electrons. The molecule has 3 rings (SSSR count). The van der Waals surface area contributed by atoms with Crippen LogP contribution in [0.5, 0.6) is 0 Å². The fourth-order valence-electron chi connectivity index (χ4n) is 2.77. The Morgan fingerprint density at radius 2 is 1.39 bits per heavy atom. The highest BCUT2D eigenvalue weighted by molar-refractivity contribution is 14.1. The molecule has 0 unspecified atom stereocenters. The molecule has 0 bridgehead atoms. The summed E-state index contributed by atoms with van der Waals surface area (Å²) in [5.41, 5.74) is 1.16. The molecule has 0 atom stereocenters. The average Bonchev–Trinajstić information content (AvgIpc) is 2.70. The summed E-state index contributed by atoms with van der Waals surface area (Å²) >= 11 is 1.98. The van der Waals surface area contributed by atoms with E-state index in [0.717, 1.165) is 11.1 Å². The third-order valence-corrected chi connectivity index (χ3v) is 5.07. The molecule has 2 aromatic carbocycles. The van der Waals surface area contributed by atoms with Gasteiger partial charge < -0.3 is 4.90 Å². The molecule has 144 valence electrons. The van der Waals surface area contributed by atoms with Crippen molar-refractivity contribution in [1.82, 2.24) is 14.0 Å². The maximum atomic E-state index is 13.3. The smallest absolute Gasteiger partial charge is 0.333 e. The Morgan fingerprint density at radius 3 is 1.89 bits per heavy atom. The van der Waals surface area contributed by atoms with Crippen molar-refractivity contribution in [2.75, 3.05) is 14.1 Å². The van der Waals surface area contributed by atoms with E-state index in [0.29, 0.717) is 15.9 Å². The second-order valence-corrected chi connectivity index (χ2v) is 7.66. The van der Waals surface area contributed by atoms with Crippen LogP contribution in [-0.4, -0.2) is 34.5 Å². The van der Waals surface area contributed by atoms with Gasteiger partial charge in [-0.05, 0) is 33.7 Å². The van der Waals surface area contributed by atoms with E-state index in [-0.39, 0.29) is 17.8 Å². The zero-order valence-corrected chi connectivity index (χ0v) is 17.9. The lowest BCUT2D eigenvalue weighted by molar-refractivity contribution is 0.606. The molecule has 0 aliphatic carbocycles. The summed E-state index contributed by atoms with van der Waals surface area (Å²) in [6.07, 6.45) is 1.60. The number of nitrogens with zero attached hydrogens (tertiary/aromatic N) is 4. The summed E-state index contributed by atoms with van der Waals surface area (Å²) in [6.45, 7) is 0.561. The molecule has 7 heteroatoms. The van der Waals surface area contributed by atoms with E-state index >= 15 is 0 Å².